The van der Waals surface area contributed by atoms with Crippen molar-refractivity contribution >= 4 is 28.9 Å². The molecule has 136 valence electrons. The Hall–Kier alpha value is -0.820. The smallest absolute Gasteiger partial charge is 0.191 e. The molecule has 3 N–H and O–H groups in total. The third-order valence-electron chi connectivity index (χ3n) is 4.06. The van der Waals surface area contributed by atoms with Gasteiger partial charge in [-0.25, -0.2) is 0 Å². The van der Waals surface area contributed by atoms with Crippen molar-refractivity contribution in [2.45, 2.75) is 32.8 Å². The third kappa shape index (κ3) is 6.59. The van der Waals surface area contributed by atoms with Gasteiger partial charge in [-0.05, 0) is 50.9 Å². The van der Waals surface area contributed by atoms with Crippen molar-refractivity contribution in [3.8, 4) is 0 Å². The number of aliphatic hydroxyl groups excluding tert-OH is 1. The molecule has 1 saturated heterocycles. The second-order valence-corrected chi connectivity index (χ2v) is 8.12. The zero-order valence-electron chi connectivity index (χ0n) is 14.6. The molecule has 0 spiro atoms. The molecule has 0 aromatic carbocycles. The summed E-state index contributed by atoms with van der Waals surface area (Å²) in [6.07, 6.45) is 2.07. The minimum absolute atomic E-state index is 0.420. The van der Waals surface area contributed by atoms with E-state index in [4.69, 9.17) is 11.6 Å². The summed E-state index contributed by atoms with van der Waals surface area (Å²) < 4.78 is 0.695. The summed E-state index contributed by atoms with van der Waals surface area (Å²) >= 11 is 7.32. The van der Waals surface area contributed by atoms with E-state index >= 15 is 0 Å². The van der Waals surface area contributed by atoms with E-state index in [0.717, 1.165) is 30.5 Å². The fourth-order valence-corrected chi connectivity index (χ4v) is 3.90. The number of rotatable bonds is 8. The molecule has 2 rings (SSSR count). The number of halogens is 1. The van der Waals surface area contributed by atoms with Crippen LogP contribution in [0.25, 0.3) is 0 Å². The quantitative estimate of drug-likeness (QED) is 0.485. The highest BCUT2D eigenvalue weighted by molar-refractivity contribution is 7.16. The van der Waals surface area contributed by atoms with Crippen molar-refractivity contribution < 1.29 is 5.11 Å². The predicted octanol–water partition coefficient (Wildman–Crippen LogP) is 2.72. The first kappa shape index (κ1) is 19.5. The van der Waals surface area contributed by atoms with Crippen LogP contribution in [-0.4, -0.2) is 55.2 Å². The van der Waals surface area contributed by atoms with Crippen molar-refractivity contribution in [1.82, 2.24) is 15.5 Å². The zero-order valence-corrected chi connectivity index (χ0v) is 16.2. The summed E-state index contributed by atoms with van der Waals surface area (Å²) in [6.45, 7) is 9.85. The van der Waals surface area contributed by atoms with Crippen LogP contribution in [0.5, 0.6) is 0 Å². The van der Waals surface area contributed by atoms with Crippen LogP contribution >= 0.6 is 22.9 Å². The van der Waals surface area contributed by atoms with Gasteiger partial charge in [0.05, 0.1) is 4.34 Å². The maximum absolute atomic E-state index is 10.2. The first-order valence-electron chi connectivity index (χ1n) is 8.76. The average Bonchev–Trinajstić information content (AvgIpc) is 3.21. The molecule has 0 saturated carbocycles. The molecule has 5 nitrogen and oxygen atoms in total. The van der Waals surface area contributed by atoms with Gasteiger partial charge in [0.15, 0.2) is 5.96 Å². The van der Waals surface area contributed by atoms with Crippen molar-refractivity contribution in [2.24, 2.45) is 10.9 Å². The number of aliphatic imine (C=N–C) groups is 1. The number of thiophene rings is 1. The van der Waals surface area contributed by atoms with E-state index < -0.39 is 6.10 Å². The standard InChI is InChI=1S/C17H29ClN4OS/c1-3-19-17(20-10-13(2)12-22-8-4-5-9-22)21-11-14(23)15-6-7-16(18)24-15/h6-7,13-14,23H,3-5,8-12H2,1-2H3,(H2,19,20,21). The Kier molecular flexibility index (Phi) is 8.32. The summed E-state index contributed by atoms with van der Waals surface area (Å²) in [6, 6.07) is 3.67. The van der Waals surface area contributed by atoms with E-state index in [-0.39, 0.29) is 0 Å². The largest absolute Gasteiger partial charge is 0.386 e. The van der Waals surface area contributed by atoms with Gasteiger partial charge in [0.2, 0.25) is 0 Å². The number of guanidine groups is 1. The zero-order chi connectivity index (χ0) is 17.4. The van der Waals surface area contributed by atoms with Crippen LogP contribution in [0.2, 0.25) is 4.34 Å². The number of aliphatic hydroxyl groups is 1. The van der Waals surface area contributed by atoms with Crippen LogP contribution in [-0.2, 0) is 0 Å². The lowest BCUT2D eigenvalue weighted by Gasteiger charge is -2.19. The van der Waals surface area contributed by atoms with E-state index in [1.165, 1.54) is 37.3 Å². The molecular weight excluding hydrogens is 344 g/mol. The molecule has 0 amide bonds. The Morgan fingerprint density at radius 1 is 1.38 bits per heavy atom. The van der Waals surface area contributed by atoms with Crippen LogP contribution in [0.15, 0.2) is 17.1 Å². The molecular formula is C17H29ClN4OS. The first-order chi connectivity index (χ1) is 11.6. The topological polar surface area (TPSA) is 59.9 Å². The van der Waals surface area contributed by atoms with Gasteiger partial charge in [0.25, 0.3) is 0 Å². The SMILES string of the molecule is CCNC(=NCC(C)CN1CCCC1)NCC(O)c1ccc(Cl)s1. The van der Waals surface area contributed by atoms with Crippen LogP contribution in [0, 0.1) is 5.92 Å². The van der Waals surface area contributed by atoms with Gasteiger partial charge in [-0.1, -0.05) is 18.5 Å². The lowest BCUT2D eigenvalue weighted by atomic mass is 10.2. The Labute approximate surface area is 154 Å². The Morgan fingerprint density at radius 3 is 2.75 bits per heavy atom. The molecule has 1 aromatic rings. The fraction of sp³-hybridized carbons (Fsp3) is 0.706. The monoisotopic (exact) mass is 372 g/mol. The molecule has 7 heteroatoms. The van der Waals surface area contributed by atoms with Crippen molar-refractivity contribution in [1.29, 1.82) is 0 Å². The second kappa shape index (κ2) is 10.2. The maximum atomic E-state index is 10.2. The van der Waals surface area contributed by atoms with Crippen LogP contribution < -0.4 is 10.6 Å². The highest BCUT2D eigenvalue weighted by Crippen LogP contribution is 2.26. The molecule has 1 aliphatic rings. The van der Waals surface area contributed by atoms with E-state index in [1.807, 2.05) is 19.1 Å². The molecule has 2 heterocycles. The number of hydrogen-bond donors (Lipinski definition) is 3. The summed E-state index contributed by atoms with van der Waals surface area (Å²) in [5.41, 5.74) is 0. The lowest BCUT2D eigenvalue weighted by Crippen LogP contribution is -2.40. The summed E-state index contributed by atoms with van der Waals surface area (Å²) in [4.78, 5) is 8.05. The number of likely N-dealkylation sites (tertiary alicyclic amines) is 1. The van der Waals surface area contributed by atoms with E-state index in [1.54, 1.807) is 0 Å². The van der Waals surface area contributed by atoms with Crippen LogP contribution in [0.4, 0.5) is 0 Å². The van der Waals surface area contributed by atoms with Gasteiger partial charge in [0.1, 0.15) is 6.10 Å². The van der Waals surface area contributed by atoms with Crippen LogP contribution in [0.3, 0.4) is 0 Å². The number of hydrogen-bond acceptors (Lipinski definition) is 4. The summed E-state index contributed by atoms with van der Waals surface area (Å²) in [5, 5.41) is 16.7. The Morgan fingerprint density at radius 2 is 2.12 bits per heavy atom. The third-order valence-corrected chi connectivity index (χ3v) is 5.39. The van der Waals surface area contributed by atoms with Crippen LogP contribution in [0.1, 0.15) is 37.7 Å². The molecule has 24 heavy (non-hydrogen) atoms. The van der Waals surface area contributed by atoms with Gasteiger partial charge in [-0.15, -0.1) is 11.3 Å². The minimum atomic E-state index is -0.576. The number of nitrogens with zero attached hydrogens (tertiary/aromatic N) is 2. The molecule has 0 aliphatic carbocycles. The fourth-order valence-electron chi connectivity index (χ4n) is 2.85. The van der Waals surface area contributed by atoms with Gasteiger partial charge in [-0.2, -0.15) is 0 Å². The van der Waals surface area contributed by atoms with Crippen molar-refractivity contribution in [2.75, 3.05) is 39.3 Å². The first-order valence-corrected chi connectivity index (χ1v) is 9.95. The molecule has 0 radical (unpaired) electrons. The average molecular weight is 373 g/mol. The minimum Gasteiger partial charge on any atom is -0.386 e. The Balaban J connectivity index is 1.78. The van der Waals surface area contributed by atoms with Crippen molar-refractivity contribution in [3.05, 3.63) is 21.3 Å². The molecule has 0 bridgehead atoms. The second-order valence-electron chi connectivity index (χ2n) is 6.37. The molecule has 1 aromatic heterocycles. The molecule has 2 atom stereocenters. The normalized spacial score (nSPS) is 18.6. The number of nitrogens with one attached hydrogen (secondary N) is 2. The lowest BCUT2D eigenvalue weighted by molar-refractivity contribution is 0.184. The summed E-state index contributed by atoms with van der Waals surface area (Å²) in [5.74, 6) is 1.28. The van der Waals surface area contributed by atoms with E-state index in [2.05, 4.69) is 27.4 Å². The van der Waals surface area contributed by atoms with Crippen molar-refractivity contribution in [3.63, 3.8) is 0 Å². The van der Waals surface area contributed by atoms with Gasteiger partial charge in [-0.3, -0.25) is 4.99 Å². The molecule has 1 aliphatic heterocycles. The highest BCUT2D eigenvalue weighted by Gasteiger charge is 2.15. The van der Waals surface area contributed by atoms with E-state index in [9.17, 15) is 5.11 Å². The summed E-state index contributed by atoms with van der Waals surface area (Å²) in [7, 11) is 0. The highest BCUT2D eigenvalue weighted by atomic mass is 35.5. The van der Waals surface area contributed by atoms with E-state index in [0.29, 0.717) is 16.8 Å². The van der Waals surface area contributed by atoms with Gasteiger partial charge < -0.3 is 20.6 Å². The molecule has 2 unspecified atom stereocenters. The predicted molar refractivity (Wildman–Crippen MR) is 103 cm³/mol. The Bertz CT molecular complexity index is 516. The maximum Gasteiger partial charge on any atom is 0.191 e. The van der Waals surface area contributed by atoms with Gasteiger partial charge in [0, 0.05) is 31.1 Å². The molecule has 1 fully saturated rings. The van der Waals surface area contributed by atoms with Gasteiger partial charge >= 0.3 is 0 Å².